The first-order chi connectivity index (χ1) is 31.7. The summed E-state index contributed by atoms with van der Waals surface area (Å²) in [6.45, 7) is 0. The monoisotopic (exact) mass is 833 g/mol. The Labute approximate surface area is 372 Å². The van der Waals surface area contributed by atoms with Crippen LogP contribution in [0.4, 0.5) is 0 Å². The van der Waals surface area contributed by atoms with Crippen LogP contribution in [0.2, 0.25) is 0 Å². The molecule has 298 valence electrons. The molecule has 13 aromatic rings. The van der Waals surface area contributed by atoms with Crippen molar-refractivity contribution in [3.63, 3.8) is 0 Å². The molecule has 64 heavy (non-hydrogen) atoms. The van der Waals surface area contributed by atoms with Crippen molar-refractivity contribution in [3.05, 3.63) is 212 Å². The van der Waals surface area contributed by atoms with Crippen LogP contribution in [0, 0.1) is 0 Å². The van der Waals surface area contributed by atoms with Gasteiger partial charge in [0.05, 0.1) is 0 Å². The second-order valence-electron chi connectivity index (χ2n) is 16.3. The molecule has 4 nitrogen and oxygen atoms in total. The average molecular weight is 834 g/mol. The molecular weight excluding hydrogens is 799 g/mol. The molecular formula is C59H35N3OS. The van der Waals surface area contributed by atoms with Crippen LogP contribution in [0.5, 0.6) is 0 Å². The van der Waals surface area contributed by atoms with Gasteiger partial charge in [-0.2, -0.15) is 0 Å². The van der Waals surface area contributed by atoms with Gasteiger partial charge in [0.1, 0.15) is 11.2 Å². The minimum atomic E-state index is 0.623. The van der Waals surface area contributed by atoms with Gasteiger partial charge in [0.25, 0.3) is 0 Å². The number of fused-ring (bicyclic) bond motifs is 8. The summed E-state index contributed by atoms with van der Waals surface area (Å²) in [5.74, 6) is 1.91. The van der Waals surface area contributed by atoms with E-state index in [2.05, 4.69) is 212 Å². The highest BCUT2D eigenvalue weighted by molar-refractivity contribution is 7.26. The van der Waals surface area contributed by atoms with Crippen molar-refractivity contribution in [2.75, 3.05) is 0 Å². The highest BCUT2D eigenvalue weighted by atomic mass is 32.1. The van der Waals surface area contributed by atoms with Gasteiger partial charge in [-0.3, -0.25) is 0 Å². The van der Waals surface area contributed by atoms with Crippen LogP contribution in [0.15, 0.2) is 217 Å². The maximum absolute atomic E-state index is 6.88. The highest BCUT2D eigenvalue weighted by Gasteiger charge is 2.20. The van der Waals surface area contributed by atoms with Crippen LogP contribution < -0.4 is 0 Å². The first-order valence-electron chi connectivity index (χ1n) is 21.5. The summed E-state index contributed by atoms with van der Waals surface area (Å²) in [5, 5.41) is 9.27. The maximum atomic E-state index is 6.88. The van der Waals surface area contributed by atoms with Gasteiger partial charge in [0, 0.05) is 53.2 Å². The Balaban J connectivity index is 0.959. The van der Waals surface area contributed by atoms with Crippen molar-refractivity contribution in [1.82, 2.24) is 15.0 Å². The Morgan fingerprint density at radius 2 is 0.891 bits per heavy atom. The molecule has 0 spiro atoms. The number of hydrogen-bond donors (Lipinski definition) is 0. The molecule has 3 aromatic heterocycles. The van der Waals surface area contributed by atoms with Gasteiger partial charge in [-0.05, 0) is 85.8 Å². The summed E-state index contributed by atoms with van der Waals surface area (Å²) in [5.41, 5.74) is 11.3. The third-order valence-corrected chi connectivity index (χ3v) is 13.8. The third kappa shape index (κ3) is 6.09. The fourth-order valence-corrected chi connectivity index (χ4v) is 10.5. The number of nitrogens with zero attached hydrogens (tertiary/aromatic N) is 3. The van der Waals surface area contributed by atoms with E-state index in [0.717, 1.165) is 71.7 Å². The molecule has 0 N–H and O–H groups in total. The summed E-state index contributed by atoms with van der Waals surface area (Å²) in [6.07, 6.45) is 0. The second-order valence-corrected chi connectivity index (χ2v) is 17.4. The smallest absolute Gasteiger partial charge is 0.165 e. The summed E-state index contributed by atoms with van der Waals surface area (Å²) >= 11 is 1.78. The van der Waals surface area contributed by atoms with Crippen LogP contribution in [-0.2, 0) is 0 Å². The SMILES string of the molecule is c1ccc(-c2ccc(-c3ccc(-c4ccc(-c5nc(-c6ccc7ccccc7c6)nc(-c6cccc7c6sc6ccccc67)n5)cc4)c4c3oc3cc5ccccc5cc34)cc2)cc1. The molecule has 10 aromatic carbocycles. The van der Waals surface area contributed by atoms with Gasteiger partial charge in [-0.25, -0.2) is 15.0 Å². The quantitative estimate of drug-likeness (QED) is 0.167. The zero-order valence-electron chi connectivity index (χ0n) is 34.4. The van der Waals surface area contributed by atoms with E-state index in [-0.39, 0.29) is 0 Å². The number of thiophene rings is 1. The van der Waals surface area contributed by atoms with E-state index in [1.165, 1.54) is 42.1 Å². The van der Waals surface area contributed by atoms with E-state index in [9.17, 15) is 0 Å². The van der Waals surface area contributed by atoms with Crippen molar-refractivity contribution in [3.8, 4) is 67.5 Å². The molecule has 5 heteroatoms. The lowest BCUT2D eigenvalue weighted by Crippen LogP contribution is -2.00. The summed E-state index contributed by atoms with van der Waals surface area (Å²) < 4.78 is 9.29. The molecule has 0 fully saturated rings. The Morgan fingerprint density at radius 3 is 1.69 bits per heavy atom. The molecule has 0 amide bonds. The Morgan fingerprint density at radius 1 is 0.328 bits per heavy atom. The summed E-state index contributed by atoms with van der Waals surface area (Å²) in [7, 11) is 0. The van der Waals surface area contributed by atoms with Gasteiger partial charge >= 0.3 is 0 Å². The molecule has 0 radical (unpaired) electrons. The lowest BCUT2D eigenvalue weighted by atomic mass is 9.93. The van der Waals surface area contributed by atoms with E-state index in [4.69, 9.17) is 19.4 Å². The van der Waals surface area contributed by atoms with Crippen molar-refractivity contribution in [2.45, 2.75) is 0 Å². The van der Waals surface area contributed by atoms with Crippen LogP contribution in [-0.4, -0.2) is 15.0 Å². The minimum absolute atomic E-state index is 0.623. The number of hydrogen-bond acceptors (Lipinski definition) is 5. The van der Waals surface area contributed by atoms with Gasteiger partial charge in [0.15, 0.2) is 17.5 Å². The fraction of sp³-hybridized carbons (Fsp3) is 0. The number of rotatable bonds is 6. The zero-order valence-corrected chi connectivity index (χ0v) is 35.2. The normalized spacial score (nSPS) is 11.8. The Bertz CT molecular complexity index is 3940. The van der Waals surface area contributed by atoms with Crippen LogP contribution in [0.1, 0.15) is 0 Å². The lowest BCUT2D eigenvalue weighted by molar-refractivity contribution is 0.670. The standard InChI is InChI=1S/C59H35N3OS/c1-2-11-36(12-3-1)38-21-24-40(25-22-38)47-32-31-46(54-51-34-43-15-6-7-16-44(43)35-52(51)63-55(47)54)39-26-28-41(29-27-39)57-60-58(45-30-23-37-13-4-5-14-42(37)33-45)62-59(61-57)50-19-10-18-49-48-17-8-9-20-53(48)64-56(49)50/h1-35H. The highest BCUT2D eigenvalue weighted by Crippen LogP contribution is 2.44. The van der Waals surface area contributed by atoms with Gasteiger partial charge in [-0.1, -0.05) is 176 Å². The lowest BCUT2D eigenvalue weighted by Gasteiger charge is -2.11. The van der Waals surface area contributed by atoms with Crippen LogP contribution >= 0.6 is 11.3 Å². The molecule has 13 rings (SSSR count). The molecule has 0 bridgehead atoms. The molecule has 3 heterocycles. The number of aromatic nitrogens is 3. The molecule has 0 saturated carbocycles. The van der Waals surface area contributed by atoms with Gasteiger partial charge in [-0.15, -0.1) is 11.3 Å². The first-order valence-corrected chi connectivity index (χ1v) is 22.3. The molecule has 0 atom stereocenters. The predicted octanol–water partition coefficient (Wildman–Crippen LogP) is 16.4. The molecule has 0 aliphatic heterocycles. The Hall–Kier alpha value is -8.25. The van der Waals surface area contributed by atoms with Crippen molar-refractivity contribution >= 4 is 75.0 Å². The van der Waals surface area contributed by atoms with Crippen LogP contribution in [0.25, 0.3) is 131 Å². The van der Waals surface area contributed by atoms with Gasteiger partial charge < -0.3 is 4.42 Å². The van der Waals surface area contributed by atoms with Crippen LogP contribution in [0.3, 0.4) is 0 Å². The number of benzene rings is 10. The predicted molar refractivity (Wildman–Crippen MR) is 268 cm³/mol. The van der Waals surface area contributed by atoms with Gasteiger partial charge in [0.2, 0.25) is 0 Å². The van der Waals surface area contributed by atoms with E-state index in [1.807, 2.05) is 0 Å². The molecule has 0 aliphatic carbocycles. The fourth-order valence-electron chi connectivity index (χ4n) is 9.31. The largest absolute Gasteiger partial charge is 0.455 e. The summed E-state index contributed by atoms with van der Waals surface area (Å²) in [6, 6.07) is 75.2. The van der Waals surface area contributed by atoms with E-state index in [0.29, 0.717) is 17.5 Å². The topological polar surface area (TPSA) is 51.8 Å². The first kappa shape index (κ1) is 36.4. The van der Waals surface area contributed by atoms with E-state index in [1.54, 1.807) is 11.3 Å². The van der Waals surface area contributed by atoms with E-state index < -0.39 is 0 Å². The number of furan rings is 1. The maximum Gasteiger partial charge on any atom is 0.165 e. The molecule has 0 aliphatic rings. The second kappa shape index (κ2) is 14.7. The third-order valence-electron chi connectivity index (χ3n) is 12.5. The van der Waals surface area contributed by atoms with Crippen molar-refractivity contribution in [2.24, 2.45) is 0 Å². The zero-order chi connectivity index (χ0) is 42.1. The molecule has 0 unspecified atom stereocenters. The van der Waals surface area contributed by atoms with E-state index >= 15 is 0 Å². The van der Waals surface area contributed by atoms with Crippen molar-refractivity contribution < 1.29 is 4.42 Å². The minimum Gasteiger partial charge on any atom is -0.455 e. The molecule has 0 saturated heterocycles. The average Bonchev–Trinajstić information content (AvgIpc) is 3.94. The Kier molecular flexibility index (Phi) is 8.36. The summed E-state index contributed by atoms with van der Waals surface area (Å²) in [4.78, 5) is 15.6. The van der Waals surface area contributed by atoms with Crippen molar-refractivity contribution in [1.29, 1.82) is 0 Å².